The maximum atomic E-state index is 12.1. The Kier molecular flexibility index (Phi) is 4.22. The zero-order valence-electron chi connectivity index (χ0n) is 11.8. The molecule has 1 amide bonds. The molecule has 1 aromatic carbocycles. The number of hydrogen-bond acceptors (Lipinski definition) is 4. The van der Waals surface area contributed by atoms with Crippen molar-refractivity contribution in [3.8, 4) is 5.69 Å². The average molecular weight is 333 g/mol. The highest BCUT2D eigenvalue weighted by atomic mass is 35.5. The zero-order valence-corrected chi connectivity index (χ0v) is 13.4. The Balaban J connectivity index is 1.76. The molecule has 0 bridgehead atoms. The maximum absolute atomic E-state index is 12.1. The zero-order chi connectivity index (χ0) is 15.5. The van der Waals surface area contributed by atoms with E-state index >= 15 is 0 Å². The summed E-state index contributed by atoms with van der Waals surface area (Å²) in [4.78, 5) is 16.3. The van der Waals surface area contributed by atoms with Gasteiger partial charge in [-0.15, -0.1) is 5.10 Å². The van der Waals surface area contributed by atoms with Gasteiger partial charge in [0.25, 0.3) is 5.91 Å². The third-order valence-electron chi connectivity index (χ3n) is 3.08. The predicted octanol–water partition coefficient (Wildman–Crippen LogP) is 3.22. The van der Waals surface area contributed by atoms with Crippen LogP contribution in [0.15, 0.2) is 41.1 Å². The average Bonchev–Trinajstić information content (AvgIpc) is 3.15. The fourth-order valence-corrected chi connectivity index (χ4v) is 2.76. The Labute approximate surface area is 136 Å². The Morgan fingerprint density at radius 2 is 2.09 bits per heavy atom. The van der Waals surface area contributed by atoms with Gasteiger partial charge < -0.3 is 5.32 Å². The van der Waals surface area contributed by atoms with E-state index in [9.17, 15) is 4.79 Å². The van der Waals surface area contributed by atoms with Gasteiger partial charge in [0.15, 0.2) is 0 Å². The van der Waals surface area contributed by atoms with Crippen molar-refractivity contribution in [3.05, 3.63) is 63.3 Å². The van der Waals surface area contributed by atoms with Gasteiger partial charge in [-0.05, 0) is 53.6 Å². The van der Waals surface area contributed by atoms with E-state index < -0.39 is 0 Å². The highest BCUT2D eigenvalue weighted by Crippen LogP contribution is 2.14. The molecule has 5 nitrogen and oxygen atoms in total. The molecule has 0 aliphatic heterocycles. The van der Waals surface area contributed by atoms with Gasteiger partial charge in [0.05, 0.1) is 5.69 Å². The molecule has 0 aliphatic rings. The fraction of sp³-hybridized carbons (Fsp3) is 0.133. The molecular formula is C15H13ClN4OS. The molecule has 0 fully saturated rings. The number of aromatic nitrogens is 3. The molecule has 0 radical (unpaired) electrons. The monoisotopic (exact) mass is 332 g/mol. The Bertz CT molecular complexity index is 780. The molecule has 2 aromatic heterocycles. The van der Waals surface area contributed by atoms with Crippen molar-refractivity contribution in [3.63, 3.8) is 0 Å². The van der Waals surface area contributed by atoms with Gasteiger partial charge in [-0.2, -0.15) is 11.3 Å². The van der Waals surface area contributed by atoms with Gasteiger partial charge in [0.2, 0.25) is 5.82 Å². The van der Waals surface area contributed by atoms with Crippen molar-refractivity contribution in [1.82, 2.24) is 20.1 Å². The lowest BCUT2D eigenvalue weighted by Crippen LogP contribution is -2.24. The summed E-state index contributed by atoms with van der Waals surface area (Å²) in [5.74, 6) is 0.507. The van der Waals surface area contributed by atoms with E-state index in [4.69, 9.17) is 11.6 Å². The minimum Gasteiger partial charge on any atom is -0.345 e. The van der Waals surface area contributed by atoms with E-state index in [1.807, 2.05) is 29.0 Å². The third-order valence-corrected chi connectivity index (χ3v) is 4.06. The van der Waals surface area contributed by atoms with Crippen LogP contribution in [0.4, 0.5) is 0 Å². The van der Waals surface area contributed by atoms with Crippen molar-refractivity contribution in [2.45, 2.75) is 13.5 Å². The van der Waals surface area contributed by atoms with E-state index in [0.29, 0.717) is 17.4 Å². The van der Waals surface area contributed by atoms with E-state index in [2.05, 4.69) is 15.4 Å². The van der Waals surface area contributed by atoms with Crippen molar-refractivity contribution in [2.24, 2.45) is 0 Å². The molecular weight excluding hydrogens is 320 g/mol. The molecule has 0 aliphatic carbocycles. The number of nitrogens with zero attached hydrogens (tertiary/aromatic N) is 3. The summed E-state index contributed by atoms with van der Waals surface area (Å²) >= 11 is 7.47. The van der Waals surface area contributed by atoms with Gasteiger partial charge >= 0.3 is 0 Å². The summed E-state index contributed by atoms with van der Waals surface area (Å²) in [6.07, 6.45) is 0. The highest BCUT2D eigenvalue weighted by molar-refractivity contribution is 7.07. The normalized spacial score (nSPS) is 10.6. The number of carbonyl (C=O) groups is 1. The lowest BCUT2D eigenvalue weighted by molar-refractivity contribution is 0.0940. The van der Waals surface area contributed by atoms with E-state index in [1.165, 1.54) is 0 Å². The number of halogens is 1. The first-order valence-electron chi connectivity index (χ1n) is 6.62. The molecule has 0 spiro atoms. The number of hydrogen-bond donors (Lipinski definition) is 1. The number of carbonyl (C=O) groups excluding carboxylic acids is 1. The smallest absolute Gasteiger partial charge is 0.291 e. The van der Waals surface area contributed by atoms with Crippen molar-refractivity contribution in [2.75, 3.05) is 0 Å². The molecule has 0 atom stereocenters. The van der Waals surface area contributed by atoms with Crippen LogP contribution >= 0.6 is 22.9 Å². The molecule has 1 N–H and O–H groups in total. The molecule has 3 rings (SSSR count). The number of amides is 1. The van der Waals surface area contributed by atoms with Crippen LogP contribution in [-0.4, -0.2) is 20.7 Å². The van der Waals surface area contributed by atoms with Crippen LogP contribution in [0.25, 0.3) is 5.69 Å². The Morgan fingerprint density at radius 3 is 2.77 bits per heavy atom. The summed E-state index contributed by atoms with van der Waals surface area (Å²) in [6.45, 7) is 2.27. The van der Waals surface area contributed by atoms with Crippen molar-refractivity contribution >= 4 is 28.8 Å². The third kappa shape index (κ3) is 3.18. The van der Waals surface area contributed by atoms with Gasteiger partial charge in [0, 0.05) is 11.6 Å². The second kappa shape index (κ2) is 6.29. The fourth-order valence-electron chi connectivity index (χ4n) is 1.97. The van der Waals surface area contributed by atoms with Crippen LogP contribution in [0.5, 0.6) is 0 Å². The lowest BCUT2D eigenvalue weighted by Gasteiger charge is -2.02. The second-order valence-corrected chi connectivity index (χ2v) is 5.90. The maximum Gasteiger partial charge on any atom is 0.291 e. The molecule has 112 valence electrons. The number of rotatable bonds is 4. The Hall–Kier alpha value is -2.18. The van der Waals surface area contributed by atoms with Crippen molar-refractivity contribution < 1.29 is 4.79 Å². The number of thiophene rings is 1. The van der Waals surface area contributed by atoms with Crippen LogP contribution in [0.2, 0.25) is 5.02 Å². The summed E-state index contributed by atoms with van der Waals surface area (Å²) in [6, 6.07) is 9.17. The largest absolute Gasteiger partial charge is 0.345 e. The van der Waals surface area contributed by atoms with Crippen LogP contribution in [0.1, 0.15) is 22.0 Å². The first-order valence-corrected chi connectivity index (χ1v) is 7.94. The molecule has 3 aromatic rings. The molecule has 2 heterocycles. The second-order valence-electron chi connectivity index (χ2n) is 4.69. The molecule has 7 heteroatoms. The van der Waals surface area contributed by atoms with E-state index in [-0.39, 0.29) is 11.7 Å². The minimum atomic E-state index is -0.290. The summed E-state index contributed by atoms with van der Waals surface area (Å²) in [5, 5.41) is 11.7. The van der Waals surface area contributed by atoms with E-state index in [0.717, 1.165) is 11.3 Å². The van der Waals surface area contributed by atoms with Gasteiger partial charge in [-0.3, -0.25) is 4.79 Å². The summed E-state index contributed by atoms with van der Waals surface area (Å²) in [7, 11) is 0. The SMILES string of the molecule is Cc1nc(C(=O)NCc2ccsc2)nn1-c1ccc(Cl)cc1. The predicted molar refractivity (Wildman–Crippen MR) is 86.6 cm³/mol. The standard InChI is InChI=1S/C15H13ClN4OS/c1-10-18-14(15(21)17-8-11-6-7-22-9-11)19-20(10)13-4-2-12(16)3-5-13/h2-7,9H,8H2,1H3,(H,17,21). The van der Waals surface area contributed by atoms with Crippen LogP contribution < -0.4 is 5.32 Å². The summed E-state index contributed by atoms with van der Waals surface area (Å²) in [5.41, 5.74) is 1.87. The minimum absolute atomic E-state index is 0.155. The first kappa shape index (κ1) is 14.7. The van der Waals surface area contributed by atoms with Crippen LogP contribution in [0, 0.1) is 6.92 Å². The number of benzene rings is 1. The Morgan fingerprint density at radius 1 is 1.32 bits per heavy atom. The van der Waals surface area contributed by atoms with Crippen LogP contribution in [0.3, 0.4) is 0 Å². The topological polar surface area (TPSA) is 59.8 Å². The summed E-state index contributed by atoms with van der Waals surface area (Å²) < 4.78 is 1.62. The molecule has 0 saturated heterocycles. The number of nitrogens with one attached hydrogen (secondary N) is 1. The molecule has 0 unspecified atom stereocenters. The first-order chi connectivity index (χ1) is 10.6. The highest BCUT2D eigenvalue weighted by Gasteiger charge is 2.15. The van der Waals surface area contributed by atoms with Gasteiger partial charge in [-0.25, -0.2) is 9.67 Å². The molecule has 0 saturated carbocycles. The van der Waals surface area contributed by atoms with E-state index in [1.54, 1.807) is 35.1 Å². The molecule has 22 heavy (non-hydrogen) atoms. The van der Waals surface area contributed by atoms with Gasteiger partial charge in [-0.1, -0.05) is 11.6 Å². The quantitative estimate of drug-likeness (QED) is 0.798. The number of aryl methyl sites for hydroxylation is 1. The van der Waals surface area contributed by atoms with Gasteiger partial charge in [0.1, 0.15) is 5.82 Å². The van der Waals surface area contributed by atoms with Crippen LogP contribution in [-0.2, 0) is 6.54 Å². The van der Waals surface area contributed by atoms with Crippen molar-refractivity contribution in [1.29, 1.82) is 0 Å². The lowest BCUT2D eigenvalue weighted by atomic mass is 10.3.